The van der Waals surface area contributed by atoms with Gasteiger partial charge in [-0.25, -0.2) is 13.2 Å². The van der Waals surface area contributed by atoms with Crippen LogP contribution in [-0.2, 0) is 0 Å². The Hall–Kier alpha value is -1.46. The standard InChI is InChI=1S/C11H7ClF3NO/c12-9-2-1-8(17-9)11(16)10-6(14)3-5(13)4-7(10)15/h1-4,11H,16H2. The largest absolute Gasteiger partial charge is 0.448 e. The molecule has 0 spiro atoms. The molecule has 2 N–H and O–H groups in total. The highest BCUT2D eigenvalue weighted by Crippen LogP contribution is 2.28. The van der Waals surface area contributed by atoms with Crippen LogP contribution in [0.3, 0.4) is 0 Å². The average molecular weight is 262 g/mol. The highest BCUT2D eigenvalue weighted by molar-refractivity contribution is 6.28. The first-order chi connectivity index (χ1) is 7.99. The van der Waals surface area contributed by atoms with Crippen LogP contribution in [-0.4, -0.2) is 0 Å². The van der Waals surface area contributed by atoms with Gasteiger partial charge in [-0.1, -0.05) is 0 Å². The quantitative estimate of drug-likeness (QED) is 0.900. The van der Waals surface area contributed by atoms with Crippen LogP contribution in [0.15, 0.2) is 28.7 Å². The Balaban J connectivity index is 2.47. The first kappa shape index (κ1) is 12.0. The van der Waals surface area contributed by atoms with Gasteiger partial charge in [-0.05, 0) is 23.7 Å². The van der Waals surface area contributed by atoms with Gasteiger partial charge < -0.3 is 10.2 Å². The molecule has 0 saturated carbocycles. The number of benzene rings is 1. The lowest BCUT2D eigenvalue weighted by atomic mass is 10.0. The minimum absolute atomic E-state index is 0.0541. The van der Waals surface area contributed by atoms with Crippen LogP contribution in [0, 0.1) is 17.5 Å². The molecule has 2 rings (SSSR count). The lowest BCUT2D eigenvalue weighted by Gasteiger charge is -2.11. The zero-order chi connectivity index (χ0) is 12.6. The van der Waals surface area contributed by atoms with E-state index in [1.807, 2.05) is 0 Å². The van der Waals surface area contributed by atoms with Crippen LogP contribution < -0.4 is 5.73 Å². The van der Waals surface area contributed by atoms with Crippen molar-refractivity contribution in [2.45, 2.75) is 6.04 Å². The third kappa shape index (κ3) is 2.30. The molecule has 6 heteroatoms. The fourth-order valence-electron chi connectivity index (χ4n) is 1.49. The molecule has 1 unspecified atom stereocenters. The molecule has 1 atom stereocenters. The van der Waals surface area contributed by atoms with Gasteiger partial charge in [0, 0.05) is 17.7 Å². The van der Waals surface area contributed by atoms with Crippen molar-refractivity contribution in [1.29, 1.82) is 0 Å². The number of halogens is 4. The van der Waals surface area contributed by atoms with Gasteiger partial charge >= 0.3 is 0 Å². The van der Waals surface area contributed by atoms with E-state index in [9.17, 15) is 13.2 Å². The highest BCUT2D eigenvalue weighted by Gasteiger charge is 2.22. The maximum absolute atomic E-state index is 13.4. The number of hydrogen-bond donors (Lipinski definition) is 1. The Kier molecular flexibility index (Phi) is 3.13. The zero-order valence-electron chi connectivity index (χ0n) is 8.38. The van der Waals surface area contributed by atoms with Gasteiger partial charge in [0.25, 0.3) is 0 Å². The van der Waals surface area contributed by atoms with Gasteiger partial charge in [-0.2, -0.15) is 0 Å². The Morgan fingerprint density at radius 1 is 1.12 bits per heavy atom. The average Bonchev–Trinajstić information content (AvgIpc) is 2.63. The van der Waals surface area contributed by atoms with Crippen LogP contribution in [0.2, 0.25) is 5.22 Å². The number of hydrogen-bond acceptors (Lipinski definition) is 2. The van der Waals surface area contributed by atoms with E-state index in [0.717, 1.165) is 0 Å². The van der Waals surface area contributed by atoms with E-state index < -0.39 is 29.1 Å². The highest BCUT2D eigenvalue weighted by atomic mass is 35.5. The van der Waals surface area contributed by atoms with Crippen molar-refractivity contribution < 1.29 is 17.6 Å². The summed E-state index contributed by atoms with van der Waals surface area (Å²) in [7, 11) is 0. The van der Waals surface area contributed by atoms with Crippen molar-refractivity contribution in [3.8, 4) is 0 Å². The first-order valence-electron chi connectivity index (χ1n) is 4.64. The second kappa shape index (κ2) is 4.43. The van der Waals surface area contributed by atoms with Crippen LogP contribution >= 0.6 is 11.6 Å². The maximum atomic E-state index is 13.4. The predicted molar refractivity (Wildman–Crippen MR) is 56.1 cm³/mol. The molecule has 0 aliphatic carbocycles. The molecule has 2 aromatic rings. The third-order valence-electron chi connectivity index (χ3n) is 2.26. The molecule has 2 nitrogen and oxygen atoms in total. The third-order valence-corrected chi connectivity index (χ3v) is 2.46. The molecule has 0 amide bonds. The van der Waals surface area contributed by atoms with Gasteiger partial charge in [-0.15, -0.1) is 0 Å². The summed E-state index contributed by atoms with van der Waals surface area (Å²) in [5, 5.41) is 0.0541. The van der Waals surface area contributed by atoms with E-state index in [1.165, 1.54) is 12.1 Å². The number of furan rings is 1. The molecule has 0 aliphatic rings. The van der Waals surface area contributed by atoms with E-state index in [4.69, 9.17) is 21.8 Å². The van der Waals surface area contributed by atoms with E-state index >= 15 is 0 Å². The first-order valence-corrected chi connectivity index (χ1v) is 5.02. The summed E-state index contributed by atoms with van der Waals surface area (Å²) in [4.78, 5) is 0. The van der Waals surface area contributed by atoms with Gasteiger partial charge in [0.05, 0.1) is 6.04 Å². The molecule has 1 aromatic carbocycles. The maximum Gasteiger partial charge on any atom is 0.193 e. The summed E-state index contributed by atoms with van der Waals surface area (Å²) >= 11 is 5.53. The second-order valence-corrected chi connectivity index (χ2v) is 3.78. The summed E-state index contributed by atoms with van der Waals surface area (Å²) in [6, 6.07) is 2.74. The Bertz CT molecular complexity index is 532. The molecule has 0 aliphatic heterocycles. The minimum Gasteiger partial charge on any atom is -0.448 e. The fraction of sp³-hybridized carbons (Fsp3) is 0.0909. The number of rotatable bonds is 2. The van der Waals surface area contributed by atoms with Crippen LogP contribution in [0.5, 0.6) is 0 Å². The summed E-state index contributed by atoms with van der Waals surface area (Å²) in [5.41, 5.74) is 5.17. The molecule has 0 radical (unpaired) electrons. The summed E-state index contributed by atoms with van der Waals surface area (Å²) in [6.07, 6.45) is 0. The van der Waals surface area contributed by atoms with Gasteiger partial charge in [-0.3, -0.25) is 0 Å². The van der Waals surface area contributed by atoms with Crippen molar-refractivity contribution in [2.75, 3.05) is 0 Å². The summed E-state index contributed by atoms with van der Waals surface area (Å²) in [6.45, 7) is 0. The molecule has 0 saturated heterocycles. The monoisotopic (exact) mass is 261 g/mol. The topological polar surface area (TPSA) is 39.2 Å². The Morgan fingerprint density at radius 3 is 2.18 bits per heavy atom. The van der Waals surface area contributed by atoms with Gasteiger partial charge in [0.15, 0.2) is 5.22 Å². The van der Waals surface area contributed by atoms with E-state index in [0.29, 0.717) is 12.1 Å². The fourth-order valence-corrected chi connectivity index (χ4v) is 1.64. The SMILES string of the molecule is NC(c1ccc(Cl)o1)c1c(F)cc(F)cc1F. The lowest BCUT2D eigenvalue weighted by Crippen LogP contribution is -2.15. The van der Waals surface area contributed by atoms with Crippen molar-refractivity contribution in [1.82, 2.24) is 0 Å². The summed E-state index contributed by atoms with van der Waals surface area (Å²) in [5.74, 6) is -3.04. The Labute approximate surface area is 99.8 Å². The lowest BCUT2D eigenvalue weighted by molar-refractivity contribution is 0.461. The van der Waals surface area contributed by atoms with E-state index in [-0.39, 0.29) is 11.0 Å². The predicted octanol–water partition coefficient (Wildman–Crippen LogP) is 3.40. The minimum atomic E-state index is -1.18. The van der Waals surface area contributed by atoms with Crippen LogP contribution in [0.1, 0.15) is 17.4 Å². The van der Waals surface area contributed by atoms with Crippen molar-refractivity contribution in [3.05, 3.63) is 58.3 Å². The van der Waals surface area contributed by atoms with Gasteiger partial charge in [0.1, 0.15) is 23.2 Å². The molecule has 90 valence electrons. The smallest absolute Gasteiger partial charge is 0.193 e. The van der Waals surface area contributed by atoms with Crippen LogP contribution in [0.4, 0.5) is 13.2 Å². The van der Waals surface area contributed by atoms with E-state index in [2.05, 4.69) is 0 Å². The molecule has 1 heterocycles. The number of nitrogens with two attached hydrogens (primary N) is 1. The second-order valence-electron chi connectivity index (χ2n) is 3.40. The molecular formula is C11H7ClF3NO. The van der Waals surface area contributed by atoms with Gasteiger partial charge in [0.2, 0.25) is 0 Å². The van der Waals surface area contributed by atoms with Crippen molar-refractivity contribution in [3.63, 3.8) is 0 Å². The van der Waals surface area contributed by atoms with Crippen molar-refractivity contribution >= 4 is 11.6 Å². The molecule has 17 heavy (non-hydrogen) atoms. The summed E-state index contributed by atoms with van der Waals surface area (Å²) < 4.78 is 44.5. The molecule has 1 aromatic heterocycles. The van der Waals surface area contributed by atoms with E-state index in [1.54, 1.807) is 0 Å². The zero-order valence-corrected chi connectivity index (χ0v) is 9.14. The van der Waals surface area contributed by atoms with Crippen LogP contribution in [0.25, 0.3) is 0 Å². The normalized spacial score (nSPS) is 12.8. The molecule has 0 fully saturated rings. The Morgan fingerprint density at radius 2 is 1.71 bits per heavy atom. The molecule has 0 bridgehead atoms. The molecular weight excluding hydrogens is 255 g/mol. The van der Waals surface area contributed by atoms with Crippen molar-refractivity contribution in [2.24, 2.45) is 5.73 Å².